The van der Waals surface area contributed by atoms with Gasteiger partial charge in [-0.3, -0.25) is 0 Å². The van der Waals surface area contributed by atoms with Gasteiger partial charge >= 0.3 is 0 Å². The van der Waals surface area contributed by atoms with E-state index in [2.05, 4.69) is 29.1 Å². The molecule has 1 aromatic rings. The number of rotatable bonds is 6. The van der Waals surface area contributed by atoms with Gasteiger partial charge < -0.3 is 16.2 Å². The second-order valence-corrected chi connectivity index (χ2v) is 4.64. The number of aromatic nitrogens is 2. The van der Waals surface area contributed by atoms with Crippen molar-refractivity contribution in [1.82, 2.24) is 9.97 Å². The number of nitrogen functional groups attached to an aromatic ring is 1. The van der Waals surface area contributed by atoms with E-state index in [1.807, 2.05) is 0 Å². The molecule has 1 rings (SSSR count). The minimum Gasteiger partial charge on any atom is -0.396 e. The first kappa shape index (κ1) is 12.7. The fourth-order valence-corrected chi connectivity index (χ4v) is 1.45. The van der Waals surface area contributed by atoms with Crippen LogP contribution in [0.4, 0.5) is 11.6 Å². The monoisotopic (exact) mass is 224 g/mol. The van der Waals surface area contributed by atoms with Crippen molar-refractivity contribution >= 4 is 11.6 Å². The molecule has 16 heavy (non-hydrogen) atoms. The molecule has 5 heteroatoms. The smallest absolute Gasteiger partial charge is 0.168 e. The van der Waals surface area contributed by atoms with Gasteiger partial charge in [0.15, 0.2) is 11.6 Å². The van der Waals surface area contributed by atoms with Crippen molar-refractivity contribution in [3.63, 3.8) is 0 Å². The average Bonchev–Trinajstić information content (AvgIpc) is 2.26. The average molecular weight is 224 g/mol. The molecule has 0 bridgehead atoms. The lowest BCUT2D eigenvalue weighted by molar-refractivity contribution is 0.248. The summed E-state index contributed by atoms with van der Waals surface area (Å²) in [5.41, 5.74) is 5.78. The zero-order valence-electron chi connectivity index (χ0n) is 9.90. The van der Waals surface area contributed by atoms with Crippen molar-refractivity contribution in [2.45, 2.75) is 26.7 Å². The van der Waals surface area contributed by atoms with Crippen molar-refractivity contribution in [3.8, 4) is 0 Å². The van der Waals surface area contributed by atoms with E-state index in [9.17, 15) is 0 Å². The van der Waals surface area contributed by atoms with Crippen LogP contribution >= 0.6 is 0 Å². The molecule has 0 radical (unpaired) electrons. The Morgan fingerprint density at radius 1 is 1.38 bits per heavy atom. The summed E-state index contributed by atoms with van der Waals surface area (Å²) in [5.74, 6) is 1.04. The molecule has 4 N–H and O–H groups in total. The van der Waals surface area contributed by atoms with Gasteiger partial charge in [-0.2, -0.15) is 0 Å². The molecule has 0 unspecified atom stereocenters. The Labute approximate surface area is 96.1 Å². The standard InChI is InChI=1S/C11H20N4O/c1-11(2,4-3-7-16)8-15-10-9(12)13-5-6-14-10/h5-6,16H,3-4,7-8H2,1-2H3,(H2,12,13)(H,14,15). The van der Waals surface area contributed by atoms with Gasteiger partial charge in [0, 0.05) is 25.5 Å². The zero-order valence-corrected chi connectivity index (χ0v) is 9.90. The Hall–Kier alpha value is -1.36. The van der Waals surface area contributed by atoms with Crippen LogP contribution in [0.15, 0.2) is 12.4 Å². The Kier molecular flexibility index (Phi) is 4.49. The van der Waals surface area contributed by atoms with Crippen LogP contribution in [0.2, 0.25) is 0 Å². The summed E-state index contributed by atoms with van der Waals surface area (Å²) in [6, 6.07) is 0. The molecule has 0 amide bonds. The van der Waals surface area contributed by atoms with Gasteiger partial charge in [-0.1, -0.05) is 13.8 Å². The van der Waals surface area contributed by atoms with Crippen LogP contribution in [-0.4, -0.2) is 28.2 Å². The lowest BCUT2D eigenvalue weighted by Crippen LogP contribution is -2.24. The molecule has 0 atom stereocenters. The van der Waals surface area contributed by atoms with Crippen molar-refractivity contribution < 1.29 is 5.11 Å². The van der Waals surface area contributed by atoms with Crippen molar-refractivity contribution in [2.24, 2.45) is 5.41 Å². The summed E-state index contributed by atoms with van der Waals surface area (Å²) in [7, 11) is 0. The third-order valence-corrected chi connectivity index (χ3v) is 2.47. The number of aliphatic hydroxyl groups excluding tert-OH is 1. The maximum atomic E-state index is 8.80. The molecule has 0 fully saturated rings. The van der Waals surface area contributed by atoms with Crippen LogP contribution in [0.25, 0.3) is 0 Å². The SMILES string of the molecule is CC(C)(CCCO)CNc1nccnc1N. The fraction of sp³-hybridized carbons (Fsp3) is 0.636. The third kappa shape index (κ3) is 4.02. The predicted octanol–water partition coefficient (Wildman–Crippen LogP) is 1.27. The largest absolute Gasteiger partial charge is 0.396 e. The van der Waals surface area contributed by atoms with E-state index in [0.717, 1.165) is 19.4 Å². The van der Waals surface area contributed by atoms with Crippen molar-refractivity contribution in [3.05, 3.63) is 12.4 Å². The van der Waals surface area contributed by atoms with Crippen LogP contribution < -0.4 is 11.1 Å². The molecular weight excluding hydrogens is 204 g/mol. The highest BCUT2D eigenvalue weighted by Crippen LogP contribution is 2.23. The lowest BCUT2D eigenvalue weighted by Gasteiger charge is -2.25. The van der Waals surface area contributed by atoms with Crippen LogP contribution in [0.3, 0.4) is 0 Å². The molecule has 1 heterocycles. The van der Waals surface area contributed by atoms with Crippen molar-refractivity contribution in [1.29, 1.82) is 0 Å². The molecule has 1 aromatic heterocycles. The first-order valence-electron chi connectivity index (χ1n) is 5.46. The van der Waals surface area contributed by atoms with Crippen LogP contribution in [0.1, 0.15) is 26.7 Å². The third-order valence-electron chi connectivity index (χ3n) is 2.47. The van der Waals surface area contributed by atoms with Crippen LogP contribution in [-0.2, 0) is 0 Å². The molecule has 5 nitrogen and oxygen atoms in total. The normalized spacial score (nSPS) is 11.4. The summed E-state index contributed by atoms with van der Waals surface area (Å²) in [6.07, 6.45) is 4.94. The molecule has 0 aromatic carbocycles. The zero-order chi connectivity index (χ0) is 12.0. The minimum absolute atomic E-state index is 0.104. The fourth-order valence-electron chi connectivity index (χ4n) is 1.45. The van der Waals surface area contributed by atoms with E-state index in [1.54, 1.807) is 12.4 Å². The van der Waals surface area contributed by atoms with Gasteiger partial charge in [0.25, 0.3) is 0 Å². The molecular formula is C11H20N4O. The van der Waals surface area contributed by atoms with Gasteiger partial charge in [0.2, 0.25) is 0 Å². The first-order chi connectivity index (χ1) is 7.55. The Morgan fingerprint density at radius 3 is 2.69 bits per heavy atom. The van der Waals surface area contributed by atoms with E-state index in [-0.39, 0.29) is 12.0 Å². The highest BCUT2D eigenvalue weighted by Gasteiger charge is 2.17. The Bertz CT molecular complexity index is 328. The Balaban J connectivity index is 2.47. The number of nitrogens with two attached hydrogens (primary N) is 1. The maximum Gasteiger partial charge on any atom is 0.168 e. The van der Waals surface area contributed by atoms with Crippen LogP contribution in [0, 0.1) is 5.41 Å². The molecule has 0 aliphatic rings. The molecule has 0 saturated carbocycles. The van der Waals surface area contributed by atoms with Gasteiger partial charge in [-0.15, -0.1) is 0 Å². The second-order valence-electron chi connectivity index (χ2n) is 4.64. The lowest BCUT2D eigenvalue weighted by atomic mass is 9.88. The number of aliphatic hydroxyl groups is 1. The van der Waals surface area contributed by atoms with E-state index in [4.69, 9.17) is 10.8 Å². The summed E-state index contributed by atoms with van der Waals surface area (Å²) < 4.78 is 0. The van der Waals surface area contributed by atoms with E-state index < -0.39 is 0 Å². The van der Waals surface area contributed by atoms with Gasteiger partial charge in [0.05, 0.1) is 0 Å². The van der Waals surface area contributed by atoms with Gasteiger partial charge in [-0.05, 0) is 18.3 Å². The Morgan fingerprint density at radius 2 is 2.06 bits per heavy atom. The predicted molar refractivity (Wildman–Crippen MR) is 65.0 cm³/mol. The highest BCUT2D eigenvalue weighted by molar-refractivity contribution is 5.54. The van der Waals surface area contributed by atoms with E-state index >= 15 is 0 Å². The second kappa shape index (κ2) is 5.65. The number of nitrogens with one attached hydrogen (secondary N) is 1. The highest BCUT2D eigenvalue weighted by atomic mass is 16.2. The number of nitrogens with zero attached hydrogens (tertiary/aromatic N) is 2. The molecule has 0 aliphatic heterocycles. The topological polar surface area (TPSA) is 84.1 Å². The quantitative estimate of drug-likeness (QED) is 0.677. The molecule has 90 valence electrons. The summed E-state index contributed by atoms with van der Waals surface area (Å²) in [5, 5.41) is 12.0. The van der Waals surface area contributed by atoms with Gasteiger partial charge in [0.1, 0.15) is 0 Å². The number of hydrogen-bond acceptors (Lipinski definition) is 5. The number of hydrogen-bond donors (Lipinski definition) is 3. The molecule has 0 spiro atoms. The molecule has 0 aliphatic carbocycles. The van der Waals surface area contributed by atoms with E-state index in [1.165, 1.54) is 0 Å². The van der Waals surface area contributed by atoms with E-state index in [0.29, 0.717) is 11.6 Å². The number of anilines is 2. The summed E-state index contributed by atoms with van der Waals surface area (Å²) in [4.78, 5) is 8.07. The summed E-state index contributed by atoms with van der Waals surface area (Å²) in [6.45, 7) is 5.27. The van der Waals surface area contributed by atoms with Crippen LogP contribution in [0.5, 0.6) is 0 Å². The molecule has 0 saturated heterocycles. The summed E-state index contributed by atoms with van der Waals surface area (Å²) >= 11 is 0. The minimum atomic E-state index is 0.104. The maximum absolute atomic E-state index is 8.80. The van der Waals surface area contributed by atoms with Gasteiger partial charge in [-0.25, -0.2) is 9.97 Å². The first-order valence-corrected chi connectivity index (χ1v) is 5.46. The van der Waals surface area contributed by atoms with Crippen molar-refractivity contribution in [2.75, 3.05) is 24.2 Å².